The number of ketones is 1. The van der Waals surface area contributed by atoms with Crippen LogP contribution in [0, 0.1) is 18.3 Å². The standard InChI is InChI=1S/C39H48N8O5S/c1-24-35(53-23-42-24)26-11-9-25(10-12-26)20-41-37(51)33-18-28(49)22-47(33)38(52)30(39(2,3)4)17-27(48)21-45-13-15-46(16-14-45)32-19-31(43-44-36(32)40)29-7-5-6-8-34(29)50/h5-12,19,23,28,30,33,49-50H,13-18,20-22H2,1-4H3,(H2,40,44)(H,41,51)/t28-,30+,33-/m0/s1. The number of likely N-dealkylation sites (tertiary alicyclic amines) is 1. The van der Waals surface area contributed by atoms with Crippen LogP contribution in [-0.2, 0) is 20.9 Å². The van der Waals surface area contributed by atoms with Crippen molar-refractivity contribution in [2.24, 2.45) is 11.3 Å². The number of Topliss-reactive ketones (excluding diaryl/α,β-unsaturated/α-hetero) is 1. The first-order valence-corrected chi connectivity index (χ1v) is 18.8. The molecule has 6 rings (SSSR count). The van der Waals surface area contributed by atoms with E-state index in [2.05, 4.69) is 30.3 Å². The van der Waals surface area contributed by atoms with E-state index in [-0.39, 0.29) is 61.6 Å². The lowest BCUT2D eigenvalue weighted by atomic mass is 9.76. The lowest BCUT2D eigenvalue weighted by Gasteiger charge is -2.37. The number of nitrogens with two attached hydrogens (primary N) is 1. The van der Waals surface area contributed by atoms with Gasteiger partial charge in [0.25, 0.3) is 0 Å². The predicted molar refractivity (Wildman–Crippen MR) is 205 cm³/mol. The van der Waals surface area contributed by atoms with Gasteiger partial charge >= 0.3 is 0 Å². The number of amides is 2. The van der Waals surface area contributed by atoms with Crippen LogP contribution in [-0.4, -0.2) is 104 Å². The quantitative estimate of drug-likeness (QED) is 0.175. The lowest BCUT2D eigenvalue weighted by Crippen LogP contribution is -2.51. The molecule has 2 aliphatic rings. The Morgan fingerprint density at radius 3 is 2.42 bits per heavy atom. The molecule has 4 aromatic rings. The Hall–Kier alpha value is -4.92. The molecule has 13 nitrogen and oxygen atoms in total. The third-order valence-electron chi connectivity index (χ3n) is 10.2. The molecule has 53 heavy (non-hydrogen) atoms. The Balaban J connectivity index is 1.04. The highest BCUT2D eigenvalue weighted by molar-refractivity contribution is 7.13. The number of rotatable bonds is 11. The molecule has 0 unspecified atom stereocenters. The van der Waals surface area contributed by atoms with Gasteiger partial charge in [-0.2, -0.15) is 0 Å². The van der Waals surface area contributed by atoms with Crippen molar-refractivity contribution >= 4 is 40.4 Å². The molecule has 2 aromatic heterocycles. The number of nitrogens with zero attached hydrogens (tertiary/aromatic N) is 6. The second-order valence-electron chi connectivity index (χ2n) is 15.0. The lowest BCUT2D eigenvalue weighted by molar-refractivity contribution is -0.146. The van der Waals surface area contributed by atoms with Crippen LogP contribution in [0.5, 0.6) is 5.75 Å². The first-order chi connectivity index (χ1) is 25.3. The molecule has 2 amide bonds. The summed E-state index contributed by atoms with van der Waals surface area (Å²) in [5, 5.41) is 32.2. The fourth-order valence-corrected chi connectivity index (χ4v) is 7.90. The first-order valence-electron chi connectivity index (χ1n) is 17.9. The van der Waals surface area contributed by atoms with Gasteiger partial charge in [0.15, 0.2) is 5.82 Å². The number of benzene rings is 2. The summed E-state index contributed by atoms with van der Waals surface area (Å²) in [7, 11) is 0. The van der Waals surface area contributed by atoms with Crippen LogP contribution in [0.15, 0.2) is 60.1 Å². The molecular formula is C39H48N8O5S. The van der Waals surface area contributed by atoms with Gasteiger partial charge in [0.1, 0.15) is 17.6 Å². The zero-order chi connectivity index (χ0) is 37.9. The van der Waals surface area contributed by atoms with Crippen LogP contribution in [0.3, 0.4) is 0 Å². The molecule has 3 atom stereocenters. The summed E-state index contributed by atoms with van der Waals surface area (Å²) in [4.78, 5) is 52.2. The third-order valence-corrected chi connectivity index (χ3v) is 11.1. The van der Waals surface area contributed by atoms with E-state index in [4.69, 9.17) is 5.73 Å². The number of para-hydroxylation sites is 1. The van der Waals surface area contributed by atoms with Gasteiger partial charge in [-0.05, 0) is 41.7 Å². The van der Waals surface area contributed by atoms with E-state index >= 15 is 0 Å². The molecule has 2 saturated heterocycles. The maximum absolute atomic E-state index is 14.1. The Morgan fingerprint density at radius 1 is 1.04 bits per heavy atom. The Morgan fingerprint density at radius 2 is 1.75 bits per heavy atom. The number of aryl methyl sites for hydroxylation is 1. The summed E-state index contributed by atoms with van der Waals surface area (Å²) < 4.78 is 0. The number of nitrogen functional groups attached to an aromatic ring is 1. The maximum Gasteiger partial charge on any atom is 0.243 e. The molecule has 0 bridgehead atoms. The number of phenolic OH excluding ortho intramolecular Hbond substituents is 1. The minimum absolute atomic E-state index is 0.0280. The highest BCUT2D eigenvalue weighted by Crippen LogP contribution is 2.35. The number of aromatic nitrogens is 3. The van der Waals surface area contributed by atoms with Gasteiger partial charge < -0.3 is 31.1 Å². The van der Waals surface area contributed by atoms with Gasteiger partial charge in [-0.3, -0.25) is 19.3 Å². The molecule has 14 heteroatoms. The van der Waals surface area contributed by atoms with Gasteiger partial charge in [0.2, 0.25) is 11.8 Å². The topological polar surface area (TPSA) is 178 Å². The van der Waals surface area contributed by atoms with Crippen molar-refractivity contribution in [2.45, 2.75) is 59.2 Å². The molecular weight excluding hydrogens is 693 g/mol. The van der Waals surface area contributed by atoms with E-state index in [0.29, 0.717) is 43.1 Å². The average molecular weight is 741 g/mol. The average Bonchev–Trinajstić information content (AvgIpc) is 3.75. The molecule has 0 radical (unpaired) electrons. The molecule has 2 aromatic carbocycles. The number of anilines is 2. The minimum Gasteiger partial charge on any atom is -0.507 e. The Labute approximate surface area is 313 Å². The van der Waals surface area contributed by atoms with E-state index in [9.17, 15) is 24.6 Å². The van der Waals surface area contributed by atoms with Gasteiger partial charge in [-0.15, -0.1) is 21.5 Å². The number of aliphatic hydroxyl groups excluding tert-OH is 1. The highest BCUT2D eigenvalue weighted by Gasteiger charge is 2.44. The van der Waals surface area contributed by atoms with Gasteiger partial charge in [-0.25, -0.2) is 4.98 Å². The fraction of sp³-hybridized carbons (Fsp3) is 0.436. The highest BCUT2D eigenvalue weighted by atomic mass is 32.1. The van der Waals surface area contributed by atoms with Gasteiger partial charge in [-0.1, -0.05) is 57.2 Å². The number of hydrogen-bond acceptors (Lipinski definition) is 12. The zero-order valence-corrected chi connectivity index (χ0v) is 31.5. The van der Waals surface area contributed by atoms with E-state index in [1.165, 1.54) is 4.90 Å². The van der Waals surface area contributed by atoms with Crippen molar-refractivity contribution in [1.29, 1.82) is 0 Å². The minimum atomic E-state index is -0.830. The molecule has 2 aliphatic heterocycles. The van der Waals surface area contributed by atoms with Crippen molar-refractivity contribution in [2.75, 3.05) is 49.9 Å². The van der Waals surface area contributed by atoms with Crippen molar-refractivity contribution < 1.29 is 24.6 Å². The second kappa shape index (κ2) is 16.0. The number of piperazine rings is 1. The summed E-state index contributed by atoms with van der Waals surface area (Å²) in [5.74, 6) is -0.959. The smallest absolute Gasteiger partial charge is 0.243 e. The van der Waals surface area contributed by atoms with Crippen molar-refractivity contribution in [3.8, 4) is 27.4 Å². The van der Waals surface area contributed by atoms with Crippen LogP contribution in [0.25, 0.3) is 21.7 Å². The Bertz CT molecular complexity index is 1940. The van der Waals surface area contributed by atoms with Gasteiger partial charge in [0, 0.05) is 63.6 Å². The van der Waals surface area contributed by atoms with Crippen LogP contribution in [0.4, 0.5) is 11.5 Å². The van der Waals surface area contributed by atoms with Crippen LogP contribution in [0.2, 0.25) is 0 Å². The molecule has 2 fully saturated rings. The van der Waals surface area contributed by atoms with E-state index in [1.807, 2.05) is 69.6 Å². The first kappa shape index (κ1) is 37.8. The van der Waals surface area contributed by atoms with Gasteiger partial charge in [0.05, 0.1) is 40.1 Å². The largest absolute Gasteiger partial charge is 0.507 e. The number of carbonyl (C=O) groups is 3. The Kier molecular flexibility index (Phi) is 11.4. The van der Waals surface area contributed by atoms with Crippen molar-refractivity contribution in [3.63, 3.8) is 0 Å². The number of β-amino-alcohol motifs (C(OH)–C–C–N with tert-alkyl or cyclic N) is 1. The molecule has 4 heterocycles. The number of aromatic hydroxyl groups is 1. The summed E-state index contributed by atoms with van der Waals surface area (Å²) in [6.07, 6.45) is -0.662. The summed E-state index contributed by atoms with van der Waals surface area (Å²) in [6, 6.07) is 15.8. The number of phenols is 1. The van der Waals surface area contributed by atoms with Crippen LogP contribution in [0.1, 0.15) is 44.9 Å². The summed E-state index contributed by atoms with van der Waals surface area (Å²) in [5.41, 5.74) is 12.2. The van der Waals surface area contributed by atoms with E-state index < -0.39 is 23.5 Å². The molecule has 5 N–H and O–H groups in total. The zero-order valence-electron chi connectivity index (χ0n) is 30.7. The van der Waals surface area contributed by atoms with Crippen LogP contribution < -0.4 is 16.0 Å². The summed E-state index contributed by atoms with van der Waals surface area (Å²) >= 11 is 1.58. The van der Waals surface area contributed by atoms with Crippen LogP contribution >= 0.6 is 11.3 Å². The number of carbonyl (C=O) groups excluding carboxylic acids is 3. The molecule has 0 spiro atoms. The second-order valence-corrected chi connectivity index (χ2v) is 15.9. The molecule has 0 saturated carbocycles. The number of aliphatic hydroxyl groups is 1. The monoisotopic (exact) mass is 740 g/mol. The SMILES string of the molecule is Cc1ncsc1-c1ccc(CNC(=O)[C@@H]2C[C@H](O)CN2C(=O)[C@@H](CC(=O)CN2CCN(c3cc(-c4ccccc4O)nnc3N)CC2)C(C)(C)C)cc1. The molecule has 0 aliphatic carbocycles. The third kappa shape index (κ3) is 8.83. The number of hydrogen-bond donors (Lipinski definition) is 4. The van der Waals surface area contributed by atoms with E-state index in [1.54, 1.807) is 29.5 Å². The van der Waals surface area contributed by atoms with E-state index in [0.717, 1.165) is 21.7 Å². The number of nitrogens with one attached hydrogen (secondary N) is 1. The maximum atomic E-state index is 14.1. The number of thiazole rings is 1. The van der Waals surface area contributed by atoms with Crippen molar-refractivity contribution in [1.82, 2.24) is 30.3 Å². The van der Waals surface area contributed by atoms with Crippen molar-refractivity contribution in [3.05, 3.63) is 71.4 Å². The molecule has 280 valence electrons. The fourth-order valence-electron chi connectivity index (χ4n) is 7.08. The summed E-state index contributed by atoms with van der Waals surface area (Å²) in [6.45, 7) is 10.7. The predicted octanol–water partition coefficient (Wildman–Crippen LogP) is 3.89. The normalized spacial score (nSPS) is 18.6.